The summed E-state index contributed by atoms with van der Waals surface area (Å²) in [5.74, 6) is 0. The molecule has 1 rings (SSSR count). The SMILES string of the molecule is C=CN1CCCCC1(C)C. The quantitative estimate of drug-likeness (QED) is 0.539. The van der Waals surface area contributed by atoms with E-state index in [9.17, 15) is 0 Å². The van der Waals surface area contributed by atoms with Gasteiger partial charge in [0.25, 0.3) is 0 Å². The van der Waals surface area contributed by atoms with E-state index in [-0.39, 0.29) is 0 Å². The standard InChI is InChI=1S/C9H17N/c1-4-10-8-6-5-7-9(10,2)3/h4H,1,5-8H2,2-3H3. The third-order valence-corrected chi connectivity index (χ3v) is 2.44. The summed E-state index contributed by atoms with van der Waals surface area (Å²) >= 11 is 0. The number of likely N-dealkylation sites (tertiary alicyclic amines) is 1. The van der Waals surface area contributed by atoms with Gasteiger partial charge in [0, 0.05) is 12.1 Å². The Morgan fingerprint density at radius 2 is 2.10 bits per heavy atom. The van der Waals surface area contributed by atoms with E-state index in [1.165, 1.54) is 25.8 Å². The highest BCUT2D eigenvalue weighted by Gasteiger charge is 2.26. The lowest BCUT2D eigenvalue weighted by Gasteiger charge is -2.41. The monoisotopic (exact) mass is 139 g/mol. The second-order valence-electron chi connectivity index (χ2n) is 3.65. The van der Waals surface area contributed by atoms with Crippen molar-refractivity contribution < 1.29 is 0 Å². The van der Waals surface area contributed by atoms with Crippen LogP contribution in [0.15, 0.2) is 12.8 Å². The molecule has 0 aromatic rings. The summed E-state index contributed by atoms with van der Waals surface area (Å²) in [7, 11) is 0. The molecule has 0 aromatic carbocycles. The highest BCUT2D eigenvalue weighted by molar-refractivity contribution is 4.90. The van der Waals surface area contributed by atoms with Crippen molar-refractivity contribution in [3.63, 3.8) is 0 Å². The molecule has 0 amide bonds. The van der Waals surface area contributed by atoms with Crippen LogP contribution in [0.2, 0.25) is 0 Å². The Bertz CT molecular complexity index is 127. The van der Waals surface area contributed by atoms with Crippen LogP contribution in [0, 0.1) is 0 Å². The first-order chi connectivity index (χ1) is 4.67. The number of nitrogens with zero attached hydrogens (tertiary/aromatic N) is 1. The van der Waals surface area contributed by atoms with Crippen molar-refractivity contribution in [3.8, 4) is 0 Å². The van der Waals surface area contributed by atoms with E-state index in [2.05, 4.69) is 25.3 Å². The molecule has 0 spiro atoms. The van der Waals surface area contributed by atoms with Gasteiger partial charge in [-0.1, -0.05) is 6.58 Å². The predicted octanol–water partition coefficient (Wildman–Crippen LogP) is 2.39. The Kier molecular flexibility index (Phi) is 2.02. The van der Waals surface area contributed by atoms with Crippen LogP contribution in [0.3, 0.4) is 0 Å². The van der Waals surface area contributed by atoms with Crippen molar-refractivity contribution in [2.45, 2.75) is 38.6 Å². The molecule has 0 saturated carbocycles. The largest absolute Gasteiger partial charge is 0.373 e. The Morgan fingerprint density at radius 1 is 1.40 bits per heavy atom. The summed E-state index contributed by atoms with van der Waals surface area (Å²) in [5, 5.41) is 0. The molecule has 0 aliphatic carbocycles. The van der Waals surface area contributed by atoms with E-state index >= 15 is 0 Å². The summed E-state index contributed by atoms with van der Waals surface area (Å²) in [6.45, 7) is 9.57. The molecule has 1 aliphatic heterocycles. The fourth-order valence-electron chi connectivity index (χ4n) is 1.62. The molecule has 1 heteroatoms. The van der Waals surface area contributed by atoms with Gasteiger partial charge in [-0.3, -0.25) is 0 Å². The zero-order valence-corrected chi connectivity index (χ0v) is 7.06. The zero-order chi connectivity index (χ0) is 7.61. The number of hydrogen-bond acceptors (Lipinski definition) is 1. The second-order valence-corrected chi connectivity index (χ2v) is 3.65. The van der Waals surface area contributed by atoms with E-state index in [0.717, 1.165) is 0 Å². The van der Waals surface area contributed by atoms with Gasteiger partial charge in [-0.05, 0) is 39.3 Å². The van der Waals surface area contributed by atoms with Crippen LogP contribution in [-0.4, -0.2) is 17.0 Å². The molecule has 1 saturated heterocycles. The van der Waals surface area contributed by atoms with Crippen LogP contribution in [0.4, 0.5) is 0 Å². The minimum Gasteiger partial charge on any atom is -0.373 e. The van der Waals surface area contributed by atoms with Gasteiger partial charge in [0.05, 0.1) is 0 Å². The van der Waals surface area contributed by atoms with Gasteiger partial charge in [-0.15, -0.1) is 0 Å². The van der Waals surface area contributed by atoms with Crippen molar-refractivity contribution in [1.29, 1.82) is 0 Å². The molecule has 10 heavy (non-hydrogen) atoms. The van der Waals surface area contributed by atoms with Crippen molar-refractivity contribution in [1.82, 2.24) is 4.90 Å². The molecule has 0 N–H and O–H groups in total. The fraction of sp³-hybridized carbons (Fsp3) is 0.778. The number of piperidine rings is 1. The molecule has 0 aromatic heterocycles. The van der Waals surface area contributed by atoms with E-state index in [1.54, 1.807) is 0 Å². The van der Waals surface area contributed by atoms with Gasteiger partial charge in [-0.2, -0.15) is 0 Å². The minimum absolute atomic E-state index is 0.361. The smallest absolute Gasteiger partial charge is 0.0340 e. The Balaban J connectivity index is 2.59. The molecule has 1 aliphatic rings. The van der Waals surface area contributed by atoms with Crippen molar-refractivity contribution in [2.24, 2.45) is 0 Å². The maximum atomic E-state index is 3.81. The first kappa shape index (κ1) is 7.64. The molecule has 0 bridgehead atoms. The zero-order valence-electron chi connectivity index (χ0n) is 7.06. The summed E-state index contributed by atoms with van der Waals surface area (Å²) in [6, 6.07) is 0. The molecule has 58 valence electrons. The molecule has 1 heterocycles. The molecular weight excluding hydrogens is 122 g/mol. The number of rotatable bonds is 1. The Morgan fingerprint density at radius 3 is 2.50 bits per heavy atom. The van der Waals surface area contributed by atoms with Crippen molar-refractivity contribution in [2.75, 3.05) is 6.54 Å². The first-order valence-electron chi connectivity index (χ1n) is 4.06. The molecule has 0 radical (unpaired) electrons. The maximum Gasteiger partial charge on any atom is 0.0340 e. The van der Waals surface area contributed by atoms with E-state index in [1.807, 2.05) is 6.20 Å². The van der Waals surface area contributed by atoms with Gasteiger partial charge in [0.1, 0.15) is 0 Å². The van der Waals surface area contributed by atoms with E-state index < -0.39 is 0 Å². The average Bonchev–Trinajstić information content (AvgIpc) is 1.87. The van der Waals surface area contributed by atoms with E-state index in [4.69, 9.17) is 0 Å². The highest BCUT2D eigenvalue weighted by atomic mass is 15.2. The average molecular weight is 139 g/mol. The minimum atomic E-state index is 0.361. The third-order valence-electron chi connectivity index (χ3n) is 2.44. The summed E-state index contributed by atoms with van der Waals surface area (Å²) in [4.78, 5) is 2.34. The van der Waals surface area contributed by atoms with Gasteiger partial charge in [0.2, 0.25) is 0 Å². The topological polar surface area (TPSA) is 3.24 Å². The van der Waals surface area contributed by atoms with Crippen molar-refractivity contribution >= 4 is 0 Å². The number of hydrogen-bond donors (Lipinski definition) is 0. The van der Waals surface area contributed by atoms with Crippen LogP contribution in [0.1, 0.15) is 33.1 Å². The van der Waals surface area contributed by atoms with Crippen LogP contribution in [0.25, 0.3) is 0 Å². The van der Waals surface area contributed by atoms with E-state index in [0.29, 0.717) is 5.54 Å². The molecular formula is C9H17N. The van der Waals surface area contributed by atoms with Gasteiger partial charge >= 0.3 is 0 Å². The van der Waals surface area contributed by atoms with Crippen molar-refractivity contribution in [3.05, 3.63) is 12.8 Å². The highest BCUT2D eigenvalue weighted by Crippen LogP contribution is 2.26. The lowest BCUT2D eigenvalue weighted by atomic mass is 9.91. The molecule has 1 nitrogen and oxygen atoms in total. The normalized spacial score (nSPS) is 24.4. The third kappa shape index (κ3) is 1.34. The second kappa shape index (κ2) is 2.65. The molecule has 0 atom stereocenters. The first-order valence-corrected chi connectivity index (χ1v) is 4.06. The lowest BCUT2D eigenvalue weighted by Crippen LogP contribution is -2.43. The summed E-state index contributed by atoms with van der Waals surface area (Å²) in [6.07, 6.45) is 5.98. The predicted molar refractivity (Wildman–Crippen MR) is 44.8 cm³/mol. The molecule has 1 fully saturated rings. The Hall–Kier alpha value is -0.460. The fourth-order valence-corrected chi connectivity index (χ4v) is 1.62. The van der Waals surface area contributed by atoms with Gasteiger partial charge < -0.3 is 4.90 Å². The Labute approximate surface area is 63.7 Å². The van der Waals surface area contributed by atoms with Crippen LogP contribution in [0.5, 0.6) is 0 Å². The lowest BCUT2D eigenvalue weighted by molar-refractivity contribution is 0.132. The summed E-state index contributed by atoms with van der Waals surface area (Å²) in [5.41, 5.74) is 0.361. The summed E-state index contributed by atoms with van der Waals surface area (Å²) < 4.78 is 0. The van der Waals surface area contributed by atoms with Crippen LogP contribution >= 0.6 is 0 Å². The van der Waals surface area contributed by atoms with Crippen LogP contribution in [-0.2, 0) is 0 Å². The van der Waals surface area contributed by atoms with Crippen LogP contribution < -0.4 is 0 Å². The molecule has 0 unspecified atom stereocenters. The van der Waals surface area contributed by atoms with Gasteiger partial charge in [0.15, 0.2) is 0 Å². The van der Waals surface area contributed by atoms with Gasteiger partial charge in [-0.25, -0.2) is 0 Å². The maximum absolute atomic E-state index is 3.81.